The molecule has 206 valence electrons. The second-order valence-electron chi connectivity index (χ2n) is 11.1. The number of aryl methyl sites for hydroxylation is 4. The molecule has 0 spiro atoms. The van der Waals surface area contributed by atoms with Crippen molar-refractivity contribution in [3.63, 3.8) is 0 Å². The number of rotatable bonds is 8. The molecule has 4 rings (SSSR count). The molecule has 8 heteroatoms. The first-order valence-corrected chi connectivity index (χ1v) is 12.8. The molecule has 0 aliphatic heterocycles. The summed E-state index contributed by atoms with van der Waals surface area (Å²) in [5.74, 6) is 1.92. The average molecular weight is 549 g/mol. The van der Waals surface area contributed by atoms with Gasteiger partial charge in [-0.25, -0.2) is 15.0 Å². The lowest BCUT2D eigenvalue weighted by atomic mass is 10.0. The van der Waals surface area contributed by atoms with Gasteiger partial charge in [-0.3, -0.25) is 0 Å². The second kappa shape index (κ2) is 12.1. The summed E-state index contributed by atoms with van der Waals surface area (Å²) in [6.07, 6.45) is -0.624. The van der Waals surface area contributed by atoms with Crippen LogP contribution in [0, 0.1) is 27.7 Å². The Kier molecular flexibility index (Phi) is 9.33. The second-order valence-corrected chi connectivity index (χ2v) is 11.1. The molecule has 0 amide bonds. The first kappa shape index (κ1) is 30.0. The third kappa shape index (κ3) is 7.53. The Morgan fingerprint density at radius 3 is 1.62 bits per heavy atom. The number of aromatic hydroxyl groups is 1. The first-order chi connectivity index (χ1) is 17.9. The number of aliphatic hydroxyl groups is 1. The minimum atomic E-state index is -0.624. The number of likely N-dealkylation sites (N-methyl/N-ethyl adjacent to an activating group) is 1. The van der Waals surface area contributed by atoms with Gasteiger partial charge >= 0.3 is 0 Å². The van der Waals surface area contributed by atoms with Crippen LogP contribution in [0.1, 0.15) is 22.3 Å². The monoisotopic (exact) mass is 548 g/mol. The highest BCUT2D eigenvalue weighted by Gasteiger charge is 2.19. The fourth-order valence-corrected chi connectivity index (χ4v) is 4.53. The Morgan fingerprint density at radius 2 is 1.18 bits per heavy atom. The number of ether oxygens (including phenoxy) is 1. The molecule has 0 fully saturated rings. The zero-order valence-corrected chi connectivity index (χ0v) is 24.4. The zero-order chi connectivity index (χ0) is 27.6. The van der Waals surface area contributed by atoms with Crippen molar-refractivity contribution in [2.45, 2.75) is 33.8 Å². The molecule has 1 aromatic heterocycles. The molecular formula is C31H37ClN4O3. The fourth-order valence-electron chi connectivity index (χ4n) is 4.53. The van der Waals surface area contributed by atoms with Gasteiger partial charge in [0.2, 0.25) is 0 Å². The van der Waals surface area contributed by atoms with Crippen LogP contribution in [0.5, 0.6) is 11.5 Å². The Labute approximate surface area is 237 Å². The molecule has 2 N–H and O–H groups in total. The number of aromatic nitrogens is 3. The van der Waals surface area contributed by atoms with Crippen LogP contribution in [-0.4, -0.2) is 70.0 Å². The lowest BCUT2D eigenvalue weighted by molar-refractivity contribution is -0.873. The molecule has 0 saturated heterocycles. The predicted molar refractivity (Wildman–Crippen MR) is 151 cm³/mol. The van der Waals surface area contributed by atoms with Gasteiger partial charge in [-0.05, 0) is 51.0 Å². The van der Waals surface area contributed by atoms with E-state index < -0.39 is 6.10 Å². The van der Waals surface area contributed by atoms with E-state index in [9.17, 15) is 10.2 Å². The van der Waals surface area contributed by atoms with Crippen molar-refractivity contribution in [3.8, 4) is 45.7 Å². The maximum atomic E-state index is 11.0. The Balaban J connectivity index is 0.00000420. The molecule has 4 aromatic rings. The highest BCUT2D eigenvalue weighted by Crippen LogP contribution is 2.34. The van der Waals surface area contributed by atoms with E-state index in [1.54, 1.807) is 12.1 Å². The summed E-state index contributed by atoms with van der Waals surface area (Å²) in [6, 6.07) is 17.4. The number of halogens is 1. The van der Waals surface area contributed by atoms with Crippen molar-refractivity contribution in [2.75, 3.05) is 34.3 Å². The molecule has 0 aliphatic rings. The molecule has 1 heterocycles. The van der Waals surface area contributed by atoms with Crippen LogP contribution < -0.4 is 17.1 Å². The van der Waals surface area contributed by atoms with Crippen LogP contribution in [0.4, 0.5) is 0 Å². The fraction of sp³-hybridized carbons (Fsp3) is 0.323. The molecule has 3 aromatic carbocycles. The highest BCUT2D eigenvalue weighted by atomic mass is 35.5. The van der Waals surface area contributed by atoms with Crippen LogP contribution in [0.15, 0.2) is 54.6 Å². The minimum Gasteiger partial charge on any atom is -1.00 e. The maximum Gasteiger partial charge on any atom is 0.167 e. The van der Waals surface area contributed by atoms with Gasteiger partial charge < -0.3 is 31.8 Å². The smallest absolute Gasteiger partial charge is 0.167 e. The molecule has 0 aliphatic carbocycles. The number of quaternary nitrogens is 1. The molecular weight excluding hydrogens is 512 g/mol. The van der Waals surface area contributed by atoms with Crippen LogP contribution >= 0.6 is 0 Å². The highest BCUT2D eigenvalue weighted by molar-refractivity contribution is 5.72. The quantitative estimate of drug-likeness (QED) is 0.328. The predicted octanol–water partition coefficient (Wildman–Crippen LogP) is 2.26. The topological polar surface area (TPSA) is 88.4 Å². The molecule has 0 bridgehead atoms. The van der Waals surface area contributed by atoms with Crippen molar-refractivity contribution in [1.82, 2.24) is 15.0 Å². The van der Waals surface area contributed by atoms with Gasteiger partial charge in [0.05, 0.1) is 26.7 Å². The Morgan fingerprint density at radius 1 is 0.718 bits per heavy atom. The van der Waals surface area contributed by atoms with Crippen LogP contribution in [0.3, 0.4) is 0 Å². The summed E-state index contributed by atoms with van der Waals surface area (Å²) in [4.78, 5) is 14.4. The molecule has 7 nitrogen and oxygen atoms in total. The normalized spacial score (nSPS) is 12.1. The number of hydrogen-bond acceptors (Lipinski definition) is 6. The SMILES string of the molecule is Cc1ccc(-c2nc(-c3ccc(C)cc3C)nc(-c3ccc(OCC(O)C[N+](C)(C)C)cc3O)n2)c(C)c1.[Cl-]. The molecule has 0 saturated carbocycles. The summed E-state index contributed by atoms with van der Waals surface area (Å²) >= 11 is 0. The van der Waals surface area contributed by atoms with E-state index in [4.69, 9.17) is 19.7 Å². The van der Waals surface area contributed by atoms with Gasteiger partial charge in [0, 0.05) is 17.2 Å². The first-order valence-electron chi connectivity index (χ1n) is 12.8. The van der Waals surface area contributed by atoms with E-state index in [-0.39, 0.29) is 24.8 Å². The van der Waals surface area contributed by atoms with Crippen LogP contribution in [0.25, 0.3) is 34.2 Å². The number of phenolic OH excluding ortho intramolecular Hbond substituents is 1. The lowest BCUT2D eigenvalue weighted by Gasteiger charge is -2.26. The average Bonchev–Trinajstić information content (AvgIpc) is 2.81. The van der Waals surface area contributed by atoms with E-state index in [2.05, 4.69) is 26.0 Å². The number of nitrogens with zero attached hydrogens (tertiary/aromatic N) is 4. The van der Waals surface area contributed by atoms with Crippen LogP contribution in [-0.2, 0) is 0 Å². The number of aliphatic hydroxyl groups excluding tert-OH is 1. The third-order valence-electron chi connectivity index (χ3n) is 6.29. The van der Waals surface area contributed by atoms with Crippen molar-refractivity contribution >= 4 is 0 Å². The van der Waals surface area contributed by atoms with E-state index >= 15 is 0 Å². The van der Waals surface area contributed by atoms with E-state index in [1.807, 2.05) is 59.3 Å². The minimum absolute atomic E-state index is 0. The van der Waals surface area contributed by atoms with Gasteiger partial charge in [-0.1, -0.05) is 47.5 Å². The Bertz CT molecular complexity index is 1400. The maximum absolute atomic E-state index is 11.0. The molecule has 0 radical (unpaired) electrons. The lowest BCUT2D eigenvalue weighted by Crippen LogP contribution is -3.00. The van der Waals surface area contributed by atoms with Crippen molar-refractivity contribution in [2.24, 2.45) is 0 Å². The number of phenols is 1. The van der Waals surface area contributed by atoms with Gasteiger partial charge in [-0.2, -0.15) is 0 Å². The summed E-state index contributed by atoms with van der Waals surface area (Å²) < 4.78 is 6.38. The van der Waals surface area contributed by atoms with E-state index in [0.29, 0.717) is 39.8 Å². The number of hydrogen-bond donors (Lipinski definition) is 2. The summed E-state index contributed by atoms with van der Waals surface area (Å²) in [6.45, 7) is 8.88. The van der Waals surface area contributed by atoms with E-state index in [0.717, 1.165) is 33.4 Å². The molecule has 1 unspecified atom stereocenters. The zero-order valence-electron chi connectivity index (χ0n) is 23.7. The summed E-state index contributed by atoms with van der Waals surface area (Å²) in [7, 11) is 6.03. The summed E-state index contributed by atoms with van der Waals surface area (Å²) in [5.41, 5.74) is 6.75. The van der Waals surface area contributed by atoms with Crippen molar-refractivity contribution in [1.29, 1.82) is 0 Å². The van der Waals surface area contributed by atoms with Gasteiger partial charge in [0.15, 0.2) is 17.5 Å². The number of benzene rings is 3. The largest absolute Gasteiger partial charge is 1.00 e. The molecule has 1 atom stereocenters. The van der Waals surface area contributed by atoms with Gasteiger partial charge in [0.25, 0.3) is 0 Å². The molecule has 39 heavy (non-hydrogen) atoms. The van der Waals surface area contributed by atoms with Crippen LogP contribution in [0.2, 0.25) is 0 Å². The van der Waals surface area contributed by atoms with Crippen molar-refractivity contribution in [3.05, 3.63) is 76.9 Å². The van der Waals surface area contributed by atoms with Gasteiger partial charge in [-0.15, -0.1) is 0 Å². The Hall–Kier alpha value is -3.52. The van der Waals surface area contributed by atoms with E-state index in [1.165, 1.54) is 6.07 Å². The third-order valence-corrected chi connectivity index (χ3v) is 6.29. The standard InChI is InChI=1S/C31H36N4O3.ClH/c1-19-8-11-25(21(3)14-19)29-32-30(26-12-9-20(2)15-22(26)4)34-31(33-29)27-13-10-24(16-28(27)37)38-18-23(36)17-35(5,6)7;/h8-16,23,36H,17-18H2,1-7H3;1H. The van der Waals surface area contributed by atoms with Gasteiger partial charge in [0.1, 0.15) is 30.8 Å². The summed E-state index contributed by atoms with van der Waals surface area (Å²) in [5, 5.41) is 21.2. The van der Waals surface area contributed by atoms with Crippen molar-refractivity contribution < 1.29 is 31.8 Å².